The molecule has 0 spiro atoms. The van der Waals surface area contributed by atoms with Gasteiger partial charge in [-0.15, -0.1) is 0 Å². The average molecular weight is 282 g/mol. The predicted octanol–water partition coefficient (Wildman–Crippen LogP) is 2.22. The summed E-state index contributed by atoms with van der Waals surface area (Å²) in [6.45, 7) is 5.65. The molecule has 0 aromatic rings. The summed E-state index contributed by atoms with van der Waals surface area (Å²) in [6, 6.07) is 0. The zero-order valence-electron chi connectivity index (χ0n) is 13.0. The standard InChI is InChI=1S/C16H30N2O2/c1-3-20-14-8-13(9-14)10-15(19)18-16(11-17)6-4-12(2)5-7-16/h12-14H,3-11,17H2,1-2H3,(H,18,19). The molecule has 0 radical (unpaired) electrons. The lowest BCUT2D eigenvalue weighted by Crippen LogP contribution is -2.56. The van der Waals surface area contributed by atoms with Crippen molar-refractivity contribution in [3.05, 3.63) is 0 Å². The van der Waals surface area contributed by atoms with E-state index >= 15 is 0 Å². The minimum Gasteiger partial charge on any atom is -0.378 e. The SMILES string of the molecule is CCOC1CC(CC(=O)NC2(CN)CCC(C)CC2)C1. The summed E-state index contributed by atoms with van der Waals surface area (Å²) in [5.41, 5.74) is 5.80. The van der Waals surface area contributed by atoms with E-state index in [-0.39, 0.29) is 11.4 Å². The highest BCUT2D eigenvalue weighted by Crippen LogP contribution is 2.34. The van der Waals surface area contributed by atoms with Crippen LogP contribution in [0.4, 0.5) is 0 Å². The van der Waals surface area contributed by atoms with Gasteiger partial charge in [-0.3, -0.25) is 4.79 Å². The van der Waals surface area contributed by atoms with E-state index in [1.165, 1.54) is 12.8 Å². The molecular weight excluding hydrogens is 252 g/mol. The van der Waals surface area contributed by atoms with Gasteiger partial charge < -0.3 is 15.8 Å². The molecule has 0 aromatic carbocycles. The molecule has 0 heterocycles. The van der Waals surface area contributed by atoms with Crippen LogP contribution in [0.15, 0.2) is 0 Å². The van der Waals surface area contributed by atoms with Gasteiger partial charge in [0.15, 0.2) is 0 Å². The third-order valence-electron chi connectivity index (χ3n) is 5.10. The first-order chi connectivity index (χ1) is 9.57. The molecule has 2 rings (SSSR count). The Balaban J connectivity index is 1.73. The maximum atomic E-state index is 12.2. The van der Waals surface area contributed by atoms with Gasteiger partial charge in [0, 0.05) is 19.6 Å². The minimum atomic E-state index is -0.132. The lowest BCUT2D eigenvalue weighted by Gasteiger charge is -2.40. The molecule has 2 fully saturated rings. The lowest BCUT2D eigenvalue weighted by atomic mass is 9.76. The second kappa shape index (κ2) is 6.90. The molecule has 2 aliphatic carbocycles. The fourth-order valence-corrected chi connectivity index (χ4v) is 3.52. The van der Waals surface area contributed by atoms with Gasteiger partial charge in [0.05, 0.1) is 11.6 Å². The Labute approximate surface area is 122 Å². The first-order valence-electron chi connectivity index (χ1n) is 8.19. The molecule has 0 aromatic heterocycles. The van der Waals surface area contributed by atoms with Crippen LogP contribution >= 0.6 is 0 Å². The summed E-state index contributed by atoms with van der Waals surface area (Å²) >= 11 is 0. The van der Waals surface area contributed by atoms with Gasteiger partial charge in [-0.05, 0) is 57.3 Å². The maximum Gasteiger partial charge on any atom is 0.220 e. The summed E-state index contributed by atoms with van der Waals surface area (Å²) in [7, 11) is 0. The topological polar surface area (TPSA) is 64.3 Å². The van der Waals surface area contributed by atoms with Crippen molar-refractivity contribution in [2.24, 2.45) is 17.6 Å². The van der Waals surface area contributed by atoms with Crippen molar-refractivity contribution in [2.45, 2.75) is 70.4 Å². The molecule has 116 valence electrons. The number of carbonyl (C=O) groups excluding carboxylic acids is 1. The Hall–Kier alpha value is -0.610. The van der Waals surface area contributed by atoms with Crippen LogP contribution in [0.5, 0.6) is 0 Å². The van der Waals surface area contributed by atoms with E-state index in [2.05, 4.69) is 12.2 Å². The van der Waals surface area contributed by atoms with Crippen molar-refractivity contribution in [3.63, 3.8) is 0 Å². The molecule has 0 aliphatic heterocycles. The van der Waals surface area contributed by atoms with Crippen molar-refractivity contribution < 1.29 is 9.53 Å². The molecule has 0 saturated heterocycles. The minimum absolute atomic E-state index is 0.132. The van der Waals surface area contributed by atoms with Crippen molar-refractivity contribution in [1.29, 1.82) is 0 Å². The van der Waals surface area contributed by atoms with Gasteiger partial charge >= 0.3 is 0 Å². The first kappa shape index (κ1) is 15.8. The van der Waals surface area contributed by atoms with Crippen LogP contribution in [0.1, 0.15) is 58.8 Å². The van der Waals surface area contributed by atoms with Gasteiger partial charge in [0.1, 0.15) is 0 Å². The molecule has 20 heavy (non-hydrogen) atoms. The van der Waals surface area contributed by atoms with E-state index in [0.29, 0.717) is 25.0 Å². The van der Waals surface area contributed by atoms with Gasteiger partial charge in [0.2, 0.25) is 5.91 Å². The van der Waals surface area contributed by atoms with Gasteiger partial charge in [-0.2, -0.15) is 0 Å². The predicted molar refractivity (Wildman–Crippen MR) is 80.3 cm³/mol. The van der Waals surface area contributed by atoms with Crippen LogP contribution < -0.4 is 11.1 Å². The second-order valence-corrected chi connectivity index (χ2v) is 6.83. The highest BCUT2D eigenvalue weighted by Gasteiger charge is 2.36. The van der Waals surface area contributed by atoms with Crippen LogP contribution in [0.3, 0.4) is 0 Å². The number of carbonyl (C=O) groups is 1. The molecule has 4 heteroatoms. The molecule has 3 N–H and O–H groups in total. The van der Waals surface area contributed by atoms with E-state index < -0.39 is 0 Å². The Morgan fingerprint density at radius 3 is 2.55 bits per heavy atom. The van der Waals surface area contributed by atoms with E-state index in [9.17, 15) is 4.79 Å². The second-order valence-electron chi connectivity index (χ2n) is 6.83. The number of hydrogen-bond donors (Lipinski definition) is 2. The van der Waals surface area contributed by atoms with Gasteiger partial charge in [0.25, 0.3) is 0 Å². The lowest BCUT2D eigenvalue weighted by molar-refractivity contribution is -0.126. The number of rotatable bonds is 6. The van der Waals surface area contributed by atoms with Crippen LogP contribution in [0.2, 0.25) is 0 Å². The number of hydrogen-bond acceptors (Lipinski definition) is 3. The smallest absolute Gasteiger partial charge is 0.220 e. The largest absolute Gasteiger partial charge is 0.378 e. The van der Waals surface area contributed by atoms with E-state index in [4.69, 9.17) is 10.5 Å². The molecular formula is C16H30N2O2. The van der Waals surface area contributed by atoms with E-state index in [0.717, 1.165) is 38.2 Å². The van der Waals surface area contributed by atoms with Crippen molar-refractivity contribution in [2.75, 3.05) is 13.2 Å². The third kappa shape index (κ3) is 3.95. The Morgan fingerprint density at radius 1 is 1.35 bits per heavy atom. The monoisotopic (exact) mass is 282 g/mol. The first-order valence-corrected chi connectivity index (χ1v) is 8.19. The summed E-state index contributed by atoms with van der Waals surface area (Å²) in [5, 5.41) is 3.24. The van der Waals surface area contributed by atoms with Crippen molar-refractivity contribution in [3.8, 4) is 0 Å². The number of nitrogens with two attached hydrogens (primary N) is 1. The average Bonchev–Trinajstić information content (AvgIpc) is 2.39. The fraction of sp³-hybridized carbons (Fsp3) is 0.938. The summed E-state index contributed by atoms with van der Waals surface area (Å²) in [6.07, 6.45) is 7.51. The molecule has 4 nitrogen and oxygen atoms in total. The summed E-state index contributed by atoms with van der Waals surface area (Å²) in [4.78, 5) is 12.2. The summed E-state index contributed by atoms with van der Waals surface area (Å²) < 4.78 is 5.54. The summed E-state index contributed by atoms with van der Waals surface area (Å²) in [5.74, 6) is 1.46. The van der Waals surface area contributed by atoms with E-state index in [1.54, 1.807) is 0 Å². The van der Waals surface area contributed by atoms with Crippen LogP contribution in [-0.4, -0.2) is 30.7 Å². The molecule has 0 unspecified atom stereocenters. The van der Waals surface area contributed by atoms with Gasteiger partial charge in [-0.25, -0.2) is 0 Å². The van der Waals surface area contributed by atoms with Crippen molar-refractivity contribution >= 4 is 5.91 Å². The highest BCUT2D eigenvalue weighted by atomic mass is 16.5. The van der Waals surface area contributed by atoms with Crippen LogP contribution in [0, 0.1) is 11.8 Å². The molecule has 0 atom stereocenters. The van der Waals surface area contributed by atoms with Crippen LogP contribution in [-0.2, 0) is 9.53 Å². The molecule has 2 aliphatic rings. The zero-order valence-corrected chi connectivity index (χ0v) is 13.0. The quantitative estimate of drug-likeness (QED) is 0.785. The highest BCUT2D eigenvalue weighted by molar-refractivity contribution is 5.77. The zero-order chi connectivity index (χ0) is 14.6. The number of nitrogens with one attached hydrogen (secondary N) is 1. The van der Waals surface area contributed by atoms with E-state index in [1.807, 2.05) is 6.92 Å². The Morgan fingerprint density at radius 2 is 2.00 bits per heavy atom. The Bertz CT molecular complexity index is 318. The Kier molecular flexibility index (Phi) is 5.44. The molecule has 1 amide bonds. The number of ether oxygens (including phenoxy) is 1. The maximum absolute atomic E-state index is 12.2. The van der Waals surface area contributed by atoms with Crippen molar-refractivity contribution in [1.82, 2.24) is 5.32 Å². The van der Waals surface area contributed by atoms with Gasteiger partial charge in [-0.1, -0.05) is 6.92 Å². The number of amides is 1. The normalized spacial score (nSPS) is 37.2. The molecule has 0 bridgehead atoms. The fourth-order valence-electron chi connectivity index (χ4n) is 3.52. The van der Waals surface area contributed by atoms with Crippen LogP contribution in [0.25, 0.3) is 0 Å². The third-order valence-corrected chi connectivity index (χ3v) is 5.10. The molecule has 2 saturated carbocycles.